The van der Waals surface area contributed by atoms with Crippen molar-refractivity contribution < 1.29 is 4.74 Å². The number of halogens is 1. The second-order valence-electron chi connectivity index (χ2n) is 5.53. The SMILES string of the molecule is Clc1ccccc1CN/N=C\c1cccc(OCc2ccccc2)c1. The van der Waals surface area contributed by atoms with E-state index >= 15 is 0 Å². The topological polar surface area (TPSA) is 33.6 Å². The quantitative estimate of drug-likeness (QED) is 0.478. The zero-order valence-corrected chi connectivity index (χ0v) is 14.5. The van der Waals surface area contributed by atoms with Crippen LogP contribution in [-0.2, 0) is 13.2 Å². The molecule has 126 valence electrons. The van der Waals surface area contributed by atoms with Gasteiger partial charge in [0.1, 0.15) is 12.4 Å². The standard InChI is InChI=1S/C21H19ClN2O/c22-21-12-5-4-10-19(21)15-24-23-14-18-9-6-11-20(13-18)25-16-17-7-2-1-3-8-17/h1-14,24H,15-16H2/b23-14-. The van der Waals surface area contributed by atoms with Crippen molar-refractivity contribution in [3.8, 4) is 5.75 Å². The maximum atomic E-state index is 6.12. The van der Waals surface area contributed by atoms with Gasteiger partial charge in [0.05, 0.1) is 12.8 Å². The number of rotatable bonds is 7. The summed E-state index contributed by atoms with van der Waals surface area (Å²) >= 11 is 6.12. The Morgan fingerprint density at radius 2 is 1.72 bits per heavy atom. The highest BCUT2D eigenvalue weighted by Gasteiger charge is 1.98. The van der Waals surface area contributed by atoms with E-state index in [1.54, 1.807) is 6.21 Å². The van der Waals surface area contributed by atoms with Crippen LogP contribution < -0.4 is 10.2 Å². The lowest BCUT2D eigenvalue weighted by Crippen LogP contribution is -2.06. The lowest BCUT2D eigenvalue weighted by molar-refractivity contribution is 0.306. The van der Waals surface area contributed by atoms with E-state index in [0.29, 0.717) is 13.2 Å². The summed E-state index contributed by atoms with van der Waals surface area (Å²) in [6.07, 6.45) is 1.77. The third kappa shape index (κ3) is 5.37. The van der Waals surface area contributed by atoms with Crippen LogP contribution in [0.15, 0.2) is 84.0 Å². The molecular formula is C21H19ClN2O. The van der Waals surface area contributed by atoms with Crippen molar-refractivity contribution in [2.45, 2.75) is 13.2 Å². The molecule has 0 spiro atoms. The van der Waals surface area contributed by atoms with Crippen LogP contribution in [0.25, 0.3) is 0 Å². The normalized spacial score (nSPS) is 10.8. The van der Waals surface area contributed by atoms with Gasteiger partial charge < -0.3 is 10.2 Å². The Labute approximate surface area is 152 Å². The molecule has 0 aliphatic rings. The third-order valence-electron chi connectivity index (χ3n) is 3.64. The molecule has 0 heterocycles. The van der Waals surface area contributed by atoms with Gasteiger partial charge in [-0.1, -0.05) is 72.3 Å². The molecule has 25 heavy (non-hydrogen) atoms. The molecule has 3 rings (SSSR count). The Morgan fingerprint density at radius 1 is 0.920 bits per heavy atom. The summed E-state index contributed by atoms with van der Waals surface area (Å²) in [4.78, 5) is 0. The van der Waals surface area contributed by atoms with E-state index in [1.807, 2.05) is 78.9 Å². The van der Waals surface area contributed by atoms with Crippen molar-refractivity contribution in [2.24, 2.45) is 5.10 Å². The molecule has 0 aliphatic carbocycles. The molecule has 0 radical (unpaired) electrons. The minimum absolute atomic E-state index is 0.548. The first kappa shape index (κ1) is 17.1. The Kier molecular flexibility index (Phi) is 6.07. The Balaban J connectivity index is 1.53. The van der Waals surface area contributed by atoms with E-state index in [9.17, 15) is 0 Å². The van der Waals surface area contributed by atoms with Gasteiger partial charge in [-0.2, -0.15) is 5.10 Å². The second-order valence-corrected chi connectivity index (χ2v) is 5.94. The molecule has 0 saturated heterocycles. The zero-order valence-electron chi connectivity index (χ0n) is 13.7. The summed E-state index contributed by atoms with van der Waals surface area (Å²) in [6, 6.07) is 25.7. The van der Waals surface area contributed by atoms with Crippen LogP contribution in [0.1, 0.15) is 16.7 Å². The van der Waals surface area contributed by atoms with E-state index < -0.39 is 0 Å². The van der Waals surface area contributed by atoms with Crippen LogP contribution in [-0.4, -0.2) is 6.21 Å². The lowest BCUT2D eigenvalue weighted by Gasteiger charge is -2.07. The second kappa shape index (κ2) is 8.90. The Hall–Kier alpha value is -2.78. The number of nitrogens with one attached hydrogen (secondary N) is 1. The first-order valence-corrected chi connectivity index (χ1v) is 8.45. The number of hydrazone groups is 1. The summed E-state index contributed by atoms with van der Waals surface area (Å²) in [5, 5.41) is 4.99. The smallest absolute Gasteiger partial charge is 0.120 e. The summed E-state index contributed by atoms with van der Waals surface area (Å²) in [5.74, 6) is 0.818. The summed E-state index contributed by atoms with van der Waals surface area (Å²) in [7, 11) is 0. The highest BCUT2D eigenvalue weighted by molar-refractivity contribution is 6.31. The van der Waals surface area contributed by atoms with Gasteiger partial charge in [0.15, 0.2) is 0 Å². The minimum atomic E-state index is 0.548. The summed E-state index contributed by atoms with van der Waals surface area (Å²) < 4.78 is 5.82. The van der Waals surface area contributed by atoms with Gasteiger partial charge in [-0.25, -0.2) is 0 Å². The van der Waals surface area contributed by atoms with E-state index in [1.165, 1.54) is 0 Å². The lowest BCUT2D eigenvalue weighted by atomic mass is 10.2. The van der Waals surface area contributed by atoms with Gasteiger partial charge in [0.2, 0.25) is 0 Å². The maximum Gasteiger partial charge on any atom is 0.120 e. The number of ether oxygens (including phenoxy) is 1. The monoisotopic (exact) mass is 350 g/mol. The van der Waals surface area contributed by atoms with Gasteiger partial charge >= 0.3 is 0 Å². The highest BCUT2D eigenvalue weighted by Crippen LogP contribution is 2.15. The van der Waals surface area contributed by atoms with Crippen LogP contribution in [0.2, 0.25) is 5.02 Å². The average Bonchev–Trinajstić information content (AvgIpc) is 2.66. The fourth-order valence-electron chi connectivity index (χ4n) is 2.32. The first-order valence-electron chi connectivity index (χ1n) is 8.07. The van der Waals surface area contributed by atoms with Crippen LogP contribution in [0, 0.1) is 0 Å². The molecule has 0 aromatic heterocycles. The molecule has 3 nitrogen and oxygen atoms in total. The molecule has 1 N–H and O–H groups in total. The molecule has 4 heteroatoms. The van der Waals surface area contributed by atoms with Crippen molar-refractivity contribution in [2.75, 3.05) is 0 Å². The third-order valence-corrected chi connectivity index (χ3v) is 4.01. The molecule has 0 unspecified atom stereocenters. The maximum absolute atomic E-state index is 6.12. The number of nitrogens with zero attached hydrogens (tertiary/aromatic N) is 1. The van der Waals surface area contributed by atoms with Gasteiger partial charge in [-0.3, -0.25) is 0 Å². The van der Waals surface area contributed by atoms with E-state index in [2.05, 4.69) is 10.5 Å². The van der Waals surface area contributed by atoms with Gasteiger partial charge in [0, 0.05) is 5.02 Å². The molecule has 0 atom stereocenters. The number of benzene rings is 3. The van der Waals surface area contributed by atoms with Gasteiger partial charge in [-0.15, -0.1) is 0 Å². The molecule has 3 aromatic carbocycles. The van der Waals surface area contributed by atoms with Crippen molar-refractivity contribution in [1.29, 1.82) is 0 Å². The summed E-state index contributed by atoms with van der Waals surface area (Å²) in [5.41, 5.74) is 6.14. The molecule has 0 aliphatic heterocycles. The molecule has 0 saturated carbocycles. The van der Waals surface area contributed by atoms with Crippen molar-refractivity contribution in [3.05, 3.63) is 101 Å². The average molecular weight is 351 g/mol. The van der Waals surface area contributed by atoms with E-state index in [0.717, 1.165) is 27.5 Å². The van der Waals surface area contributed by atoms with Crippen molar-refractivity contribution in [1.82, 2.24) is 5.43 Å². The van der Waals surface area contributed by atoms with Gasteiger partial charge in [0.25, 0.3) is 0 Å². The van der Waals surface area contributed by atoms with Crippen LogP contribution in [0.3, 0.4) is 0 Å². The largest absolute Gasteiger partial charge is 0.489 e. The minimum Gasteiger partial charge on any atom is -0.489 e. The van der Waals surface area contributed by atoms with Crippen LogP contribution in [0.4, 0.5) is 0 Å². The Bertz CT molecular complexity index is 834. The van der Waals surface area contributed by atoms with E-state index in [-0.39, 0.29) is 0 Å². The van der Waals surface area contributed by atoms with E-state index in [4.69, 9.17) is 16.3 Å². The van der Waals surface area contributed by atoms with Crippen LogP contribution in [0.5, 0.6) is 5.75 Å². The predicted octanol–water partition coefficient (Wildman–Crippen LogP) is 5.04. The molecule has 0 amide bonds. The first-order chi connectivity index (χ1) is 12.3. The molecule has 0 bridgehead atoms. The predicted molar refractivity (Wildman–Crippen MR) is 103 cm³/mol. The van der Waals surface area contributed by atoms with Crippen LogP contribution >= 0.6 is 11.6 Å². The fraction of sp³-hybridized carbons (Fsp3) is 0.0952. The molecule has 3 aromatic rings. The van der Waals surface area contributed by atoms with Gasteiger partial charge in [-0.05, 0) is 34.9 Å². The number of hydrogen-bond donors (Lipinski definition) is 1. The summed E-state index contributed by atoms with van der Waals surface area (Å²) in [6.45, 7) is 1.13. The molecular weight excluding hydrogens is 332 g/mol. The fourth-order valence-corrected chi connectivity index (χ4v) is 2.52. The Morgan fingerprint density at radius 3 is 2.56 bits per heavy atom. The number of hydrogen-bond acceptors (Lipinski definition) is 3. The van der Waals surface area contributed by atoms with Crippen molar-refractivity contribution in [3.63, 3.8) is 0 Å². The highest BCUT2D eigenvalue weighted by atomic mass is 35.5. The zero-order chi connectivity index (χ0) is 17.3. The molecule has 0 fully saturated rings. The van der Waals surface area contributed by atoms with Crippen molar-refractivity contribution >= 4 is 17.8 Å².